The minimum atomic E-state index is -0.872. The highest BCUT2D eigenvalue weighted by Crippen LogP contribution is 2.42. The Bertz CT molecular complexity index is 1150. The van der Waals surface area contributed by atoms with Crippen LogP contribution in [0.15, 0.2) is 57.8 Å². The number of aliphatic hydroxyl groups excluding tert-OH is 1. The Labute approximate surface area is 181 Å². The first-order valence-electron chi connectivity index (χ1n) is 9.11. The van der Waals surface area contributed by atoms with Crippen LogP contribution >= 0.6 is 22.9 Å². The molecule has 6 nitrogen and oxygen atoms in total. The Morgan fingerprint density at radius 2 is 2.07 bits per heavy atom. The van der Waals surface area contributed by atoms with E-state index in [2.05, 4.69) is 0 Å². The van der Waals surface area contributed by atoms with Gasteiger partial charge in [-0.2, -0.15) is 0 Å². The number of nitrogens with zero attached hydrogens (tertiary/aromatic N) is 1. The van der Waals surface area contributed by atoms with E-state index in [0.29, 0.717) is 17.3 Å². The van der Waals surface area contributed by atoms with Crippen LogP contribution in [0.1, 0.15) is 28.0 Å². The summed E-state index contributed by atoms with van der Waals surface area (Å²) >= 11 is 7.76. The second kappa shape index (κ2) is 8.01. The molecule has 3 heterocycles. The number of hydrogen-bond donors (Lipinski definition) is 1. The molecular weight excluding hydrogens is 426 g/mol. The summed E-state index contributed by atoms with van der Waals surface area (Å²) in [6.07, 6.45) is 0. The van der Waals surface area contributed by atoms with Crippen LogP contribution in [0, 0.1) is 6.92 Å². The number of benzene rings is 1. The molecule has 30 heavy (non-hydrogen) atoms. The van der Waals surface area contributed by atoms with Crippen molar-refractivity contribution in [1.29, 1.82) is 0 Å². The quantitative estimate of drug-likeness (QED) is 0.343. The fourth-order valence-corrected chi connectivity index (χ4v) is 4.38. The van der Waals surface area contributed by atoms with Crippen molar-refractivity contribution in [2.24, 2.45) is 0 Å². The summed E-state index contributed by atoms with van der Waals surface area (Å²) < 4.78 is 11.0. The summed E-state index contributed by atoms with van der Waals surface area (Å²) in [5.41, 5.74) is 0.138. The molecule has 1 atom stereocenters. The number of rotatable bonds is 5. The van der Waals surface area contributed by atoms with E-state index in [1.54, 1.807) is 31.2 Å². The van der Waals surface area contributed by atoms with Crippen LogP contribution in [0.2, 0.25) is 5.02 Å². The van der Waals surface area contributed by atoms with Crippen LogP contribution in [0.5, 0.6) is 5.75 Å². The first-order valence-corrected chi connectivity index (χ1v) is 10.4. The Kier molecular flexibility index (Phi) is 5.40. The first kappa shape index (κ1) is 20.3. The third kappa shape index (κ3) is 3.51. The Hall–Kier alpha value is -3.03. The number of ether oxygens (including phenoxy) is 1. The van der Waals surface area contributed by atoms with Gasteiger partial charge in [0, 0.05) is 10.4 Å². The van der Waals surface area contributed by atoms with Gasteiger partial charge in [-0.3, -0.25) is 9.59 Å². The van der Waals surface area contributed by atoms with Crippen molar-refractivity contribution >= 4 is 40.4 Å². The molecule has 0 bridgehead atoms. The summed E-state index contributed by atoms with van der Waals surface area (Å²) in [6, 6.07) is 11.1. The lowest BCUT2D eigenvalue weighted by Gasteiger charge is -2.22. The van der Waals surface area contributed by atoms with E-state index in [1.807, 2.05) is 17.5 Å². The Morgan fingerprint density at radius 1 is 1.27 bits per heavy atom. The van der Waals surface area contributed by atoms with E-state index in [1.165, 1.54) is 29.4 Å². The number of furan rings is 1. The Morgan fingerprint density at radius 3 is 2.70 bits per heavy atom. The standard InChI is InChI=1S/C22H18ClNO5S/c1-12-5-8-17(29-12)19-18(20(25)15-10-13(28-2)6-7-16(15)23)21(26)22(27)24(19)11-14-4-3-9-30-14/h3-10,19,25H,11H2,1-2H3/b20-18+. The van der Waals surface area contributed by atoms with Gasteiger partial charge in [0.05, 0.1) is 24.3 Å². The number of hydrogen-bond acceptors (Lipinski definition) is 6. The Balaban J connectivity index is 1.89. The molecular formula is C22H18ClNO5S. The molecule has 1 aromatic carbocycles. The van der Waals surface area contributed by atoms with Crippen LogP contribution in [0.3, 0.4) is 0 Å². The molecule has 2 aromatic heterocycles. The zero-order chi connectivity index (χ0) is 21.4. The number of thiophene rings is 1. The van der Waals surface area contributed by atoms with Gasteiger partial charge in [-0.05, 0) is 48.7 Å². The van der Waals surface area contributed by atoms with Gasteiger partial charge in [-0.1, -0.05) is 17.7 Å². The lowest BCUT2D eigenvalue weighted by Crippen LogP contribution is -2.28. The number of likely N-dealkylation sites (tertiary alicyclic amines) is 1. The number of aliphatic hydroxyl groups is 1. The third-order valence-electron chi connectivity index (χ3n) is 4.91. The molecule has 0 radical (unpaired) electrons. The summed E-state index contributed by atoms with van der Waals surface area (Å²) in [5, 5.41) is 13.2. The van der Waals surface area contributed by atoms with Crippen LogP contribution in [0.4, 0.5) is 0 Å². The van der Waals surface area contributed by atoms with Crippen LogP contribution in [0.25, 0.3) is 5.76 Å². The van der Waals surface area contributed by atoms with Crippen molar-refractivity contribution in [3.8, 4) is 5.75 Å². The highest BCUT2D eigenvalue weighted by molar-refractivity contribution is 7.09. The van der Waals surface area contributed by atoms with Crippen molar-refractivity contribution in [2.45, 2.75) is 19.5 Å². The zero-order valence-corrected chi connectivity index (χ0v) is 17.8. The molecule has 1 unspecified atom stereocenters. The minimum absolute atomic E-state index is 0.0685. The highest BCUT2D eigenvalue weighted by Gasteiger charge is 2.47. The fraction of sp³-hybridized carbons (Fsp3) is 0.182. The number of aryl methyl sites for hydroxylation is 1. The predicted molar refractivity (Wildman–Crippen MR) is 114 cm³/mol. The molecule has 1 amide bonds. The number of amides is 1. The third-order valence-corrected chi connectivity index (χ3v) is 6.10. The molecule has 0 saturated carbocycles. The molecule has 4 rings (SSSR count). The second-order valence-electron chi connectivity index (χ2n) is 6.80. The molecule has 0 aliphatic carbocycles. The first-order chi connectivity index (χ1) is 14.4. The van der Waals surface area contributed by atoms with E-state index >= 15 is 0 Å². The highest BCUT2D eigenvalue weighted by atomic mass is 35.5. The van der Waals surface area contributed by atoms with Gasteiger partial charge in [-0.15, -0.1) is 11.3 Å². The van der Waals surface area contributed by atoms with Crippen LogP contribution in [-0.4, -0.2) is 28.8 Å². The van der Waals surface area contributed by atoms with Crippen LogP contribution < -0.4 is 4.74 Å². The predicted octanol–water partition coefficient (Wildman–Crippen LogP) is 4.93. The number of carbonyl (C=O) groups is 2. The van der Waals surface area contributed by atoms with Crippen LogP contribution in [-0.2, 0) is 16.1 Å². The van der Waals surface area contributed by atoms with E-state index in [4.69, 9.17) is 20.8 Å². The molecule has 1 fully saturated rings. The average molecular weight is 444 g/mol. The molecule has 1 aliphatic rings. The SMILES string of the molecule is COc1ccc(Cl)c(/C(O)=C2\C(=O)C(=O)N(Cc3cccs3)C2c2ccc(C)o2)c1. The number of ketones is 1. The van der Waals surface area contributed by atoms with Gasteiger partial charge < -0.3 is 19.2 Å². The number of carbonyl (C=O) groups excluding carboxylic acids is 2. The molecule has 0 spiro atoms. The molecule has 154 valence electrons. The average Bonchev–Trinajstić information content (AvgIpc) is 3.45. The monoisotopic (exact) mass is 443 g/mol. The van der Waals surface area contributed by atoms with E-state index < -0.39 is 17.7 Å². The maximum Gasteiger partial charge on any atom is 0.296 e. The van der Waals surface area contributed by atoms with Gasteiger partial charge in [-0.25, -0.2) is 0 Å². The molecule has 3 aromatic rings. The summed E-state index contributed by atoms with van der Waals surface area (Å²) in [7, 11) is 1.48. The van der Waals surface area contributed by atoms with Gasteiger partial charge >= 0.3 is 0 Å². The number of Topliss-reactive ketones (excluding diaryl/α,β-unsaturated/α-hetero) is 1. The number of halogens is 1. The van der Waals surface area contributed by atoms with Crippen molar-refractivity contribution in [3.05, 3.63) is 80.4 Å². The van der Waals surface area contributed by atoms with E-state index in [9.17, 15) is 14.7 Å². The summed E-state index contributed by atoms with van der Waals surface area (Å²) in [5.74, 6) is -0.385. The lowest BCUT2D eigenvalue weighted by molar-refractivity contribution is -0.140. The molecule has 1 saturated heterocycles. The molecule has 1 N–H and O–H groups in total. The number of methoxy groups -OCH3 is 1. The normalized spacial score (nSPS) is 18.2. The lowest BCUT2D eigenvalue weighted by atomic mass is 9.99. The zero-order valence-electron chi connectivity index (χ0n) is 16.2. The summed E-state index contributed by atoms with van der Waals surface area (Å²) in [4.78, 5) is 28.2. The van der Waals surface area contributed by atoms with E-state index in [-0.39, 0.29) is 28.5 Å². The minimum Gasteiger partial charge on any atom is -0.507 e. The smallest absolute Gasteiger partial charge is 0.296 e. The van der Waals surface area contributed by atoms with Crippen molar-refractivity contribution in [1.82, 2.24) is 4.90 Å². The maximum atomic E-state index is 13.0. The fourth-order valence-electron chi connectivity index (χ4n) is 3.47. The second-order valence-corrected chi connectivity index (χ2v) is 8.24. The van der Waals surface area contributed by atoms with E-state index in [0.717, 1.165) is 4.88 Å². The largest absolute Gasteiger partial charge is 0.507 e. The molecule has 1 aliphatic heterocycles. The van der Waals surface area contributed by atoms with Crippen molar-refractivity contribution in [2.75, 3.05) is 7.11 Å². The van der Waals surface area contributed by atoms with Gasteiger partial charge in [0.2, 0.25) is 0 Å². The van der Waals surface area contributed by atoms with Crippen molar-refractivity contribution < 1.29 is 23.8 Å². The van der Waals surface area contributed by atoms with Gasteiger partial charge in [0.1, 0.15) is 29.1 Å². The van der Waals surface area contributed by atoms with Gasteiger partial charge in [0.25, 0.3) is 11.7 Å². The maximum absolute atomic E-state index is 13.0. The van der Waals surface area contributed by atoms with Gasteiger partial charge in [0.15, 0.2) is 0 Å². The summed E-state index contributed by atoms with van der Waals surface area (Å²) in [6.45, 7) is 1.99. The topological polar surface area (TPSA) is 80.0 Å². The molecule has 8 heteroatoms. The van der Waals surface area contributed by atoms with Crippen molar-refractivity contribution in [3.63, 3.8) is 0 Å².